The summed E-state index contributed by atoms with van der Waals surface area (Å²) in [5.41, 5.74) is 4.83. The molecule has 0 aromatic heterocycles. The Balaban J connectivity index is 1.45. The fourth-order valence-corrected chi connectivity index (χ4v) is 3.42. The van der Waals surface area contributed by atoms with E-state index in [1.165, 1.54) is 49.0 Å². The monoisotopic (exact) mass is 366 g/mol. The lowest BCUT2D eigenvalue weighted by Crippen LogP contribution is -2.29. The zero-order valence-electron chi connectivity index (χ0n) is 16.5. The topological polar surface area (TPSA) is 41.6 Å². The van der Waals surface area contributed by atoms with Gasteiger partial charge in [-0.25, -0.2) is 0 Å². The number of amides is 1. The van der Waals surface area contributed by atoms with Crippen molar-refractivity contribution in [1.29, 1.82) is 0 Å². The molecular weight excluding hydrogens is 336 g/mol. The molecule has 4 heteroatoms. The number of hydrogen-bond acceptors (Lipinski definition) is 3. The number of carbonyl (C=O) groups is 1. The van der Waals surface area contributed by atoms with Crippen LogP contribution in [0.5, 0.6) is 5.75 Å². The lowest BCUT2D eigenvalue weighted by atomic mass is 10.1. The summed E-state index contributed by atoms with van der Waals surface area (Å²) in [7, 11) is 0. The molecular formula is C23H30N2O2. The van der Waals surface area contributed by atoms with Gasteiger partial charge < -0.3 is 10.1 Å². The van der Waals surface area contributed by atoms with E-state index in [0.29, 0.717) is 6.54 Å². The molecule has 2 aromatic rings. The van der Waals surface area contributed by atoms with Gasteiger partial charge in [0.1, 0.15) is 5.75 Å². The fraction of sp³-hybridized carbons (Fsp3) is 0.435. The van der Waals surface area contributed by atoms with Gasteiger partial charge in [-0.05, 0) is 74.2 Å². The van der Waals surface area contributed by atoms with Gasteiger partial charge in [0.25, 0.3) is 5.91 Å². The maximum Gasteiger partial charge on any atom is 0.258 e. The predicted octanol–water partition coefficient (Wildman–Crippen LogP) is 3.98. The van der Waals surface area contributed by atoms with Crippen LogP contribution in [-0.2, 0) is 17.9 Å². The summed E-state index contributed by atoms with van der Waals surface area (Å²) >= 11 is 0. The molecule has 27 heavy (non-hydrogen) atoms. The van der Waals surface area contributed by atoms with Crippen LogP contribution in [0.2, 0.25) is 0 Å². The third-order valence-corrected chi connectivity index (χ3v) is 5.18. The summed E-state index contributed by atoms with van der Waals surface area (Å²) in [6.45, 7) is 8.05. The van der Waals surface area contributed by atoms with Gasteiger partial charge in [0.2, 0.25) is 0 Å². The Morgan fingerprint density at radius 1 is 1.00 bits per heavy atom. The molecule has 0 atom stereocenters. The van der Waals surface area contributed by atoms with Crippen molar-refractivity contribution in [3.8, 4) is 5.75 Å². The van der Waals surface area contributed by atoms with Crippen LogP contribution in [-0.4, -0.2) is 30.5 Å². The number of nitrogens with zero attached hydrogens (tertiary/aromatic N) is 1. The molecule has 144 valence electrons. The number of carbonyl (C=O) groups excluding carboxylic acids is 1. The van der Waals surface area contributed by atoms with Crippen molar-refractivity contribution in [3.63, 3.8) is 0 Å². The average Bonchev–Trinajstić information content (AvgIpc) is 2.68. The first-order valence-electron chi connectivity index (χ1n) is 9.87. The van der Waals surface area contributed by atoms with Crippen LogP contribution >= 0.6 is 0 Å². The van der Waals surface area contributed by atoms with Crippen molar-refractivity contribution < 1.29 is 9.53 Å². The second kappa shape index (κ2) is 9.56. The maximum atomic E-state index is 12.1. The fourth-order valence-electron chi connectivity index (χ4n) is 3.42. The van der Waals surface area contributed by atoms with E-state index >= 15 is 0 Å². The number of ether oxygens (including phenoxy) is 1. The minimum Gasteiger partial charge on any atom is -0.484 e. The second-order valence-corrected chi connectivity index (χ2v) is 7.47. The van der Waals surface area contributed by atoms with Crippen LogP contribution in [0.25, 0.3) is 0 Å². The second-order valence-electron chi connectivity index (χ2n) is 7.47. The van der Waals surface area contributed by atoms with Crippen molar-refractivity contribution in [3.05, 3.63) is 64.7 Å². The van der Waals surface area contributed by atoms with Gasteiger partial charge in [0.05, 0.1) is 0 Å². The van der Waals surface area contributed by atoms with E-state index in [1.807, 2.05) is 25.1 Å². The molecule has 1 amide bonds. The van der Waals surface area contributed by atoms with E-state index in [9.17, 15) is 4.79 Å². The number of likely N-dealkylation sites (tertiary alicyclic amines) is 1. The van der Waals surface area contributed by atoms with Crippen LogP contribution in [0.15, 0.2) is 42.5 Å². The van der Waals surface area contributed by atoms with E-state index in [4.69, 9.17) is 4.74 Å². The zero-order valence-corrected chi connectivity index (χ0v) is 16.5. The van der Waals surface area contributed by atoms with Gasteiger partial charge in [-0.15, -0.1) is 0 Å². The first-order valence-corrected chi connectivity index (χ1v) is 9.87. The van der Waals surface area contributed by atoms with Crippen molar-refractivity contribution in [2.24, 2.45) is 0 Å². The normalized spacial score (nSPS) is 14.7. The first-order chi connectivity index (χ1) is 13.1. The smallest absolute Gasteiger partial charge is 0.258 e. The Bertz CT molecular complexity index is 767. The standard InChI is InChI=1S/C23H30N2O2/c1-18-9-10-22(13-19(18)2)27-17-23(26)24-15-20-7-6-8-21(14-20)16-25-11-4-3-5-12-25/h6-10,13-14H,3-5,11-12,15-17H2,1-2H3,(H,24,26). The Hall–Kier alpha value is -2.33. The highest BCUT2D eigenvalue weighted by molar-refractivity contribution is 5.77. The summed E-state index contributed by atoms with van der Waals surface area (Å²) < 4.78 is 5.60. The number of hydrogen-bond donors (Lipinski definition) is 1. The Kier molecular flexibility index (Phi) is 6.88. The van der Waals surface area contributed by atoms with Crippen LogP contribution in [0.3, 0.4) is 0 Å². The van der Waals surface area contributed by atoms with Crippen LogP contribution in [0.1, 0.15) is 41.5 Å². The summed E-state index contributed by atoms with van der Waals surface area (Å²) in [6.07, 6.45) is 3.96. The zero-order chi connectivity index (χ0) is 19.1. The predicted molar refractivity (Wildman–Crippen MR) is 109 cm³/mol. The van der Waals surface area contributed by atoms with Gasteiger partial charge in [-0.3, -0.25) is 9.69 Å². The number of nitrogens with one attached hydrogen (secondary N) is 1. The SMILES string of the molecule is Cc1ccc(OCC(=O)NCc2cccc(CN3CCCCC3)c2)cc1C. The Labute approximate surface area is 162 Å². The summed E-state index contributed by atoms with van der Waals surface area (Å²) in [4.78, 5) is 14.6. The van der Waals surface area contributed by atoms with E-state index in [-0.39, 0.29) is 12.5 Å². The first kappa shape index (κ1) is 19.4. The quantitative estimate of drug-likeness (QED) is 0.806. The van der Waals surface area contributed by atoms with E-state index in [2.05, 4.69) is 41.4 Å². The van der Waals surface area contributed by atoms with Crippen molar-refractivity contribution in [1.82, 2.24) is 10.2 Å². The van der Waals surface area contributed by atoms with Gasteiger partial charge in [-0.1, -0.05) is 36.8 Å². The lowest BCUT2D eigenvalue weighted by molar-refractivity contribution is -0.123. The van der Waals surface area contributed by atoms with E-state index < -0.39 is 0 Å². The van der Waals surface area contributed by atoms with Gasteiger partial charge in [0.15, 0.2) is 6.61 Å². The third kappa shape index (κ3) is 6.10. The minimum absolute atomic E-state index is 0.0377. The number of piperidine rings is 1. The molecule has 1 fully saturated rings. The van der Waals surface area contributed by atoms with Crippen LogP contribution in [0.4, 0.5) is 0 Å². The molecule has 0 radical (unpaired) electrons. The van der Waals surface area contributed by atoms with E-state index in [1.54, 1.807) is 0 Å². The molecule has 2 aromatic carbocycles. The largest absolute Gasteiger partial charge is 0.484 e. The molecule has 3 rings (SSSR count). The number of aryl methyl sites for hydroxylation is 2. The molecule has 1 heterocycles. The lowest BCUT2D eigenvalue weighted by Gasteiger charge is -2.26. The van der Waals surface area contributed by atoms with Crippen LogP contribution in [0, 0.1) is 13.8 Å². The molecule has 1 N–H and O–H groups in total. The molecule has 1 saturated heterocycles. The summed E-state index contributed by atoms with van der Waals surface area (Å²) in [6, 6.07) is 14.4. The van der Waals surface area contributed by atoms with Crippen LogP contribution < -0.4 is 10.1 Å². The van der Waals surface area contributed by atoms with Gasteiger partial charge in [-0.2, -0.15) is 0 Å². The third-order valence-electron chi connectivity index (χ3n) is 5.18. The molecule has 0 bridgehead atoms. The van der Waals surface area contributed by atoms with E-state index in [0.717, 1.165) is 17.9 Å². The molecule has 0 unspecified atom stereocenters. The summed E-state index contributed by atoms with van der Waals surface area (Å²) in [5.74, 6) is 0.631. The molecule has 1 aliphatic heterocycles. The Morgan fingerprint density at radius 3 is 2.56 bits per heavy atom. The van der Waals surface area contributed by atoms with Crippen molar-refractivity contribution in [2.45, 2.75) is 46.2 Å². The molecule has 0 saturated carbocycles. The minimum atomic E-state index is -0.102. The maximum absolute atomic E-state index is 12.1. The highest BCUT2D eigenvalue weighted by Gasteiger charge is 2.10. The number of benzene rings is 2. The average molecular weight is 367 g/mol. The molecule has 0 aliphatic carbocycles. The van der Waals surface area contributed by atoms with Gasteiger partial charge >= 0.3 is 0 Å². The molecule has 1 aliphatic rings. The van der Waals surface area contributed by atoms with Gasteiger partial charge in [0, 0.05) is 13.1 Å². The summed E-state index contributed by atoms with van der Waals surface area (Å²) in [5, 5.41) is 2.95. The van der Waals surface area contributed by atoms with Crippen molar-refractivity contribution >= 4 is 5.91 Å². The highest BCUT2D eigenvalue weighted by Crippen LogP contribution is 2.16. The van der Waals surface area contributed by atoms with Crippen molar-refractivity contribution in [2.75, 3.05) is 19.7 Å². The highest BCUT2D eigenvalue weighted by atomic mass is 16.5. The molecule has 4 nitrogen and oxygen atoms in total. The molecule has 0 spiro atoms. The number of rotatable bonds is 7. The Morgan fingerprint density at radius 2 is 1.78 bits per heavy atom.